The Morgan fingerprint density at radius 2 is 2.10 bits per heavy atom. The lowest BCUT2D eigenvalue weighted by Gasteiger charge is -2.23. The van der Waals surface area contributed by atoms with Crippen LogP contribution in [0.3, 0.4) is 0 Å². The molecule has 0 unspecified atom stereocenters. The van der Waals surface area contributed by atoms with Crippen molar-refractivity contribution in [2.45, 2.75) is 52.4 Å². The molecule has 0 spiro atoms. The summed E-state index contributed by atoms with van der Waals surface area (Å²) in [5.74, 6) is 0.387. The van der Waals surface area contributed by atoms with Gasteiger partial charge in [0.25, 0.3) is 5.91 Å². The maximum atomic E-state index is 12.3. The SMILES string of the molecule is CCCc1cc(C(=O)NCC2(C)CCCC2)cc(N)n1. The Morgan fingerprint density at radius 3 is 2.75 bits per heavy atom. The molecule has 20 heavy (non-hydrogen) atoms. The summed E-state index contributed by atoms with van der Waals surface area (Å²) < 4.78 is 0. The van der Waals surface area contributed by atoms with Crippen molar-refractivity contribution in [1.82, 2.24) is 10.3 Å². The molecule has 1 fully saturated rings. The number of aryl methyl sites for hydroxylation is 1. The van der Waals surface area contributed by atoms with Gasteiger partial charge >= 0.3 is 0 Å². The second-order valence-electron chi connectivity index (χ2n) is 6.22. The average Bonchev–Trinajstić information content (AvgIpc) is 2.83. The first-order valence-corrected chi connectivity index (χ1v) is 7.57. The van der Waals surface area contributed by atoms with E-state index in [1.54, 1.807) is 6.07 Å². The standard InChI is InChI=1S/C16H25N3O/c1-3-6-13-9-12(10-14(17)19-13)15(20)18-11-16(2)7-4-5-8-16/h9-10H,3-8,11H2,1-2H3,(H2,17,19)(H,18,20). The van der Waals surface area contributed by atoms with E-state index < -0.39 is 0 Å². The van der Waals surface area contributed by atoms with Crippen molar-refractivity contribution in [1.29, 1.82) is 0 Å². The highest BCUT2D eigenvalue weighted by Crippen LogP contribution is 2.36. The van der Waals surface area contributed by atoms with E-state index in [0.29, 0.717) is 11.4 Å². The van der Waals surface area contributed by atoms with Crippen molar-refractivity contribution in [2.75, 3.05) is 12.3 Å². The number of nitrogens with two attached hydrogens (primary N) is 1. The minimum atomic E-state index is -0.0374. The minimum absolute atomic E-state index is 0.0374. The lowest BCUT2D eigenvalue weighted by molar-refractivity contribution is 0.0934. The second kappa shape index (κ2) is 6.25. The van der Waals surface area contributed by atoms with Gasteiger partial charge in [0.2, 0.25) is 0 Å². The van der Waals surface area contributed by atoms with E-state index in [4.69, 9.17) is 5.73 Å². The summed E-state index contributed by atoms with van der Waals surface area (Å²) in [5.41, 5.74) is 7.57. The van der Waals surface area contributed by atoms with Crippen LogP contribution in [0, 0.1) is 5.41 Å². The van der Waals surface area contributed by atoms with Crippen LogP contribution in [-0.4, -0.2) is 17.4 Å². The number of hydrogen-bond donors (Lipinski definition) is 2. The molecule has 4 nitrogen and oxygen atoms in total. The summed E-state index contributed by atoms with van der Waals surface area (Å²) in [7, 11) is 0. The Hall–Kier alpha value is -1.58. The van der Waals surface area contributed by atoms with E-state index >= 15 is 0 Å². The number of carbonyl (C=O) groups excluding carboxylic acids is 1. The summed E-state index contributed by atoms with van der Waals surface area (Å²) in [6.45, 7) is 5.09. The lowest BCUT2D eigenvalue weighted by Crippen LogP contribution is -2.34. The molecule has 1 saturated carbocycles. The van der Waals surface area contributed by atoms with Crippen molar-refractivity contribution in [3.05, 3.63) is 23.4 Å². The van der Waals surface area contributed by atoms with Crippen molar-refractivity contribution < 1.29 is 4.79 Å². The number of nitrogens with zero attached hydrogens (tertiary/aromatic N) is 1. The van der Waals surface area contributed by atoms with Gasteiger partial charge in [-0.2, -0.15) is 0 Å². The number of pyridine rings is 1. The van der Waals surface area contributed by atoms with Crippen molar-refractivity contribution in [3.8, 4) is 0 Å². The number of nitrogens with one attached hydrogen (secondary N) is 1. The van der Waals surface area contributed by atoms with E-state index in [1.165, 1.54) is 25.7 Å². The fourth-order valence-electron chi connectivity index (χ4n) is 2.93. The smallest absolute Gasteiger partial charge is 0.251 e. The maximum absolute atomic E-state index is 12.3. The highest BCUT2D eigenvalue weighted by Gasteiger charge is 2.29. The number of amides is 1. The number of anilines is 1. The Bertz CT molecular complexity index is 479. The van der Waals surface area contributed by atoms with E-state index in [9.17, 15) is 4.79 Å². The van der Waals surface area contributed by atoms with Gasteiger partial charge in [-0.15, -0.1) is 0 Å². The first kappa shape index (κ1) is 14.8. The third kappa shape index (κ3) is 3.71. The van der Waals surface area contributed by atoms with Crippen LogP contribution in [-0.2, 0) is 6.42 Å². The van der Waals surface area contributed by atoms with Crippen LogP contribution in [0.4, 0.5) is 5.82 Å². The van der Waals surface area contributed by atoms with Crippen LogP contribution in [0.5, 0.6) is 0 Å². The summed E-state index contributed by atoms with van der Waals surface area (Å²) in [6, 6.07) is 3.51. The average molecular weight is 275 g/mol. The van der Waals surface area contributed by atoms with E-state index in [0.717, 1.165) is 25.1 Å². The fourth-order valence-corrected chi connectivity index (χ4v) is 2.93. The van der Waals surface area contributed by atoms with Crippen LogP contribution in [0.25, 0.3) is 0 Å². The van der Waals surface area contributed by atoms with Crippen molar-refractivity contribution in [2.24, 2.45) is 5.41 Å². The number of aromatic nitrogens is 1. The molecule has 0 bridgehead atoms. The molecular weight excluding hydrogens is 250 g/mol. The fraction of sp³-hybridized carbons (Fsp3) is 0.625. The van der Waals surface area contributed by atoms with E-state index in [2.05, 4.69) is 24.1 Å². The zero-order valence-electron chi connectivity index (χ0n) is 12.5. The number of rotatable bonds is 5. The molecule has 0 aromatic carbocycles. The minimum Gasteiger partial charge on any atom is -0.384 e. The molecule has 1 aliphatic carbocycles. The van der Waals surface area contributed by atoms with Gasteiger partial charge in [-0.05, 0) is 36.8 Å². The monoisotopic (exact) mass is 275 g/mol. The number of carbonyl (C=O) groups is 1. The molecule has 110 valence electrons. The quantitative estimate of drug-likeness (QED) is 0.868. The van der Waals surface area contributed by atoms with Crippen LogP contribution in [0.2, 0.25) is 0 Å². The third-order valence-electron chi connectivity index (χ3n) is 4.15. The van der Waals surface area contributed by atoms with Gasteiger partial charge in [0.15, 0.2) is 0 Å². The Morgan fingerprint density at radius 1 is 1.40 bits per heavy atom. The summed E-state index contributed by atoms with van der Waals surface area (Å²) in [4.78, 5) is 16.5. The molecule has 1 amide bonds. The van der Waals surface area contributed by atoms with Gasteiger partial charge in [-0.3, -0.25) is 4.79 Å². The molecule has 0 atom stereocenters. The van der Waals surface area contributed by atoms with Gasteiger partial charge in [-0.25, -0.2) is 4.98 Å². The van der Waals surface area contributed by atoms with Gasteiger partial charge in [0.05, 0.1) is 0 Å². The Labute approximate surface area is 121 Å². The molecule has 2 rings (SSSR count). The summed E-state index contributed by atoms with van der Waals surface area (Å²) in [6.07, 6.45) is 6.79. The first-order valence-electron chi connectivity index (χ1n) is 7.57. The van der Waals surface area contributed by atoms with Crippen LogP contribution < -0.4 is 11.1 Å². The number of hydrogen-bond acceptors (Lipinski definition) is 3. The first-order chi connectivity index (χ1) is 9.52. The normalized spacial score (nSPS) is 17.1. The van der Waals surface area contributed by atoms with E-state index in [1.807, 2.05) is 6.07 Å². The highest BCUT2D eigenvalue weighted by atomic mass is 16.1. The zero-order chi connectivity index (χ0) is 14.6. The molecule has 1 aromatic heterocycles. The molecule has 1 aromatic rings. The lowest BCUT2D eigenvalue weighted by atomic mass is 9.89. The van der Waals surface area contributed by atoms with Crippen molar-refractivity contribution >= 4 is 11.7 Å². The largest absolute Gasteiger partial charge is 0.384 e. The number of nitrogen functional groups attached to an aromatic ring is 1. The zero-order valence-corrected chi connectivity index (χ0v) is 12.5. The predicted octanol–water partition coefficient (Wildman–Crippen LogP) is 2.93. The molecule has 0 saturated heterocycles. The van der Waals surface area contributed by atoms with Crippen LogP contribution >= 0.6 is 0 Å². The summed E-state index contributed by atoms with van der Waals surface area (Å²) in [5, 5.41) is 3.06. The Balaban J connectivity index is 2.01. The van der Waals surface area contributed by atoms with E-state index in [-0.39, 0.29) is 11.3 Å². The molecular formula is C16H25N3O. The molecule has 1 heterocycles. The van der Waals surface area contributed by atoms with Gasteiger partial charge in [0, 0.05) is 17.8 Å². The molecule has 0 radical (unpaired) electrons. The second-order valence-corrected chi connectivity index (χ2v) is 6.22. The van der Waals surface area contributed by atoms with Crippen LogP contribution in [0.15, 0.2) is 12.1 Å². The topological polar surface area (TPSA) is 68.0 Å². The van der Waals surface area contributed by atoms with Crippen molar-refractivity contribution in [3.63, 3.8) is 0 Å². The molecule has 4 heteroatoms. The van der Waals surface area contributed by atoms with Crippen LogP contribution in [0.1, 0.15) is 62.0 Å². The van der Waals surface area contributed by atoms with Gasteiger partial charge in [-0.1, -0.05) is 33.1 Å². The molecule has 0 aliphatic heterocycles. The molecule has 1 aliphatic rings. The van der Waals surface area contributed by atoms with Gasteiger partial charge in [0.1, 0.15) is 5.82 Å². The summed E-state index contributed by atoms with van der Waals surface area (Å²) >= 11 is 0. The highest BCUT2D eigenvalue weighted by molar-refractivity contribution is 5.94. The third-order valence-corrected chi connectivity index (χ3v) is 4.15. The Kier molecular flexibility index (Phi) is 4.63. The predicted molar refractivity (Wildman–Crippen MR) is 81.6 cm³/mol. The molecule has 3 N–H and O–H groups in total. The maximum Gasteiger partial charge on any atom is 0.251 e. The van der Waals surface area contributed by atoms with Gasteiger partial charge < -0.3 is 11.1 Å².